The Bertz CT molecular complexity index is 552. The number of amides is 2. The number of imide groups is 1. The van der Waals surface area contributed by atoms with Gasteiger partial charge in [-0.15, -0.1) is 0 Å². The van der Waals surface area contributed by atoms with Crippen LogP contribution in [-0.2, 0) is 9.59 Å². The number of benzene rings is 1. The lowest BCUT2D eigenvalue weighted by Gasteiger charge is -2.17. The first-order valence-electron chi connectivity index (χ1n) is 5.86. The Morgan fingerprint density at radius 3 is 2.22 bits per heavy atom. The van der Waals surface area contributed by atoms with Gasteiger partial charge in [0.2, 0.25) is 11.8 Å². The molecule has 1 aliphatic rings. The Labute approximate surface area is 106 Å². The second-order valence-electron chi connectivity index (χ2n) is 4.67. The van der Waals surface area contributed by atoms with E-state index in [-0.39, 0.29) is 23.7 Å². The predicted molar refractivity (Wildman–Crippen MR) is 66.7 cm³/mol. The van der Waals surface area contributed by atoms with Crippen molar-refractivity contribution in [1.82, 2.24) is 0 Å². The Morgan fingerprint density at radius 2 is 1.72 bits per heavy atom. The second kappa shape index (κ2) is 4.26. The minimum atomic E-state index is -0.329. The summed E-state index contributed by atoms with van der Waals surface area (Å²) in [6.07, 6.45) is 0. The van der Waals surface area contributed by atoms with Gasteiger partial charge in [0.25, 0.3) is 0 Å². The minimum absolute atomic E-state index is 0.227. The summed E-state index contributed by atoms with van der Waals surface area (Å²) in [6, 6.07) is 7.25. The van der Waals surface area contributed by atoms with Crippen molar-refractivity contribution in [3.8, 4) is 6.07 Å². The van der Waals surface area contributed by atoms with Crippen molar-refractivity contribution < 1.29 is 9.59 Å². The molecular weight excluding hydrogens is 228 g/mol. The van der Waals surface area contributed by atoms with Crippen LogP contribution in [-0.4, -0.2) is 11.8 Å². The Morgan fingerprint density at radius 1 is 1.17 bits per heavy atom. The Kier molecular flexibility index (Phi) is 2.92. The van der Waals surface area contributed by atoms with Gasteiger partial charge in [-0.25, -0.2) is 4.90 Å². The largest absolute Gasteiger partial charge is 0.274 e. The lowest BCUT2D eigenvalue weighted by atomic mass is 10.00. The molecule has 4 nitrogen and oxygen atoms in total. The zero-order valence-electron chi connectivity index (χ0n) is 10.6. The molecule has 2 atom stereocenters. The van der Waals surface area contributed by atoms with Gasteiger partial charge in [-0.05, 0) is 18.6 Å². The van der Waals surface area contributed by atoms with Crippen molar-refractivity contribution in [2.75, 3.05) is 4.90 Å². The van der Waals surface area contributed by atoms with E-state index in [0.717, 1.165) is 10.5 Å². The van der Waals surface area contributed by atoms with Crippen LogP contribution >= 0.6 is 0 Å². The van der Waals surface area contributed by atoms with Crippen LogP contribution in [0.4, 0.5) is 5.69 Å². The number of hydrogen-bond acceptors (Lipinski definition) is 3. The maximum Gasteiger partial charge on any atom is 0.237 e. The average molecular weight is 242 g/mol. The van der Waals surface area contributed by atoms with Gasteiger partial charge in [0.1, 0.15) is 6.07 Å². The molecule has 2 unspecified atom stereocenters. The first-order chi connectivity index (χ1) is 8.49. The van der Waals surface area contributed by atoms with Crippen molar-refractivity contribution in [3.05, 3.63) is 29.3 Å². The van der Waals surface area contributed by atoms with Gasteiger partial charge >= 0.3 is 0 Å². The minimum Gasteiger partial charge on any atom is -0.274 e. The third-order valence-corrected chi connectivity index (χ3v) is 3.57. The zero-order valence-corrected chi connectivity index (χ0v) is 10.6. The zero-order chi connectivity index (χ0) is 13.4. The molecular formula is C14H14N2O2. The van der Waals surface area contributed by atoms with Crippen LogP contribution in [0.25, 0.3) is 0 Å². The van der Waals surface area contributed by atoms with E-state index in [4.69, 9.17) is 5.26 Å². The van der Waals surface area contributed by atoms with Crippen LogP contribution in [0.2, 0.25) is 0 Å². The molecule has 0 bridgehead atoms. The van der Waals surface area contributed by atoms with Gasteiger partial charge in [-0.3, -0.25) is 9.59 Å². The molecule has 1 saturated heterocycles. The summed E-state index contributed by atoms with van der Waals surface area (Å²) < 4.78 is 0. The number of nitrogens with zero attached hydrogens (tertiary/aromatic N) is 2. The average Bonchev–Trinajstić information content (AvgIpc) is 2.54. The molecule has 1 aromatic carbocycles. The number of aryl methyl sites for hydroxylation is 1. The Balaban J connectivity index is 2.58. The topological polar surface area (TPSA) is 61.2 Å². The number of hydrogen-bond donors (Lipinski definition) is 0. The van der Waals surface area contributed by atoms with Gasteiger partial charge in [-0.1, -0.05) is 26.0 Å². The van der Waals surface area contributed by atoms with Crippen molar-refractivity contribution in [3.63, 3.8) is 0 Å². The van der Waals surface area contributed by atoms with Crippen LogP contribution in [0.3, 0.4) is 0 Å². The van der Waals surface area contributed by atoms with Gasteiger partial charge < -0.3 is 0 Å². The van der Waals surface area contributed by atoms with Crippen LogP contribution in [0.15, 0.2) is 18.2 Å². The lowest BCUT2D eigenvalue weighted by Crippen LogP contribution is -2.31. The maximum absolute atomic E-state index is 12.1. The van der Waals surface area contributed by atoms with E-state index in [1.165, 1.54) is 0 Å². The molecule has 92 valence electrons. The highest BCUT2D eigenvalue weighted by molar-refractivity contribution is 6.22. The summed E-state index contributed by atoms with van der Waals surface area (Å²) >= 11 is 0. The third kappa shape index (κ3) is 1.60. The fraction of sp³-hybridized carbons (Fsp3) is 0.357. The highest BCUT2D eigenvalue weighted by atomic mass is 16.2. The number of anilines is 1. The molecule has 0 aliphatic carbocycles. The van der Waals surface area contributed by atoms with Crippen LogP contribution in [0.5, 0.6) is 0 Å². The molecule has 1 heterocycles. The van der Waals surface area contributed by atoms with E-state index in [1.807, 2.05) is 0 Å². The fourth-order valence-electron chi connectivity index (χ4n) is 2.17. The molecule has 1 fully saturated rings. The first kappa shape index (κ1) is 12.3. The SMILES string of the molecule is Cc1cccc(N2C(=O)C(C)C(C)C2=O)c1C#N. The van der Waals surface area contributed by atoms with E-state index in [1.54, 1.807) is 39.0 Å². The normalized spacial score (nSPS) is 23.3. The molecule has 1 aliphatic heterocycles. The molecule has 0 spiro atoms. The van der Waals surface area contributed by atoms with E-state index in [0.29, 0.717) is 11.3 Å². The standard InChI is InChI=1S/C14H14N2O2/c1-8-5-4-6-12(11(8)7-15)16-13(17)9(2)10(3)14(16)18/h4-6,9-10H,1-3H3. The molecule has 0 saturated carbocycles. The van der Waals surface area contributed by atoms with Crippen molar-refractivity contribution in [1.29, 1.82) is 5.26 Å². The third-order valence-electron chi connectivity index (χ3n) is 3.57. The molecule has 1 aromatic rings. The molecule has 4 heteroatoms. The van der Waals surface area contributed by atoms with E-state index in [9.17, 15) is 9.59 Å². The van der Waals surface area contributed by atoms with Gasteiger partial charge in [0.05, 0.1) is 11.3 Å². The molecule has 0 radical (unpaired) electrons. The molecule has 2 amide bonds. The number of carbonyl (C=O) groups excluding carboxylic acids is 2. The first-order valence-corrected chi connectivity index (χ1v) is 5.86. The quantitative estimate of drug-likeness (QED) is 0.708. The summed E-state index contributed by atoms with van der Waals surface area (Å²) in [5.41, 5.74) is 1.56. The van der Waals surface area contributed by atoms with Gasteiger partial charge in [0, 0.05) is 11.8 Å². The highest BCUT2D eigenvalue weighted by Gasteiger charge is 2.43. The molecule has 2 rings (SSSR count). The van der Waals surface area contributed by atoms with Crippen LogP contribution in [0, 0.1) is 30.1 Å². The summed E-state index contributed by atoms with van der Waals surface area (Å²) in [6.45, 7) is 5.28. The molecule has 0 aromatic heterocycles. The predicted octanol–water partition coefficient (Wildman–Crippen LogP) is 2.01. The smallest absolute Gasteiger partial charge is 0.237 e. The summed E-state index contributed by atoms with van der Waals surface area (Å²) in [5.74, 6) is -1.11. The van der Waals surface area contributed by atoms with Gasteiger partial charge in [-0.2, -0.15) is 5.26 Å². The van der Waals surface area contributed by atoms with Crippen LogP contribution in [0.1, 0.15) is 25.0 Å². The number of carbonyl (C=O) groups is 2. The van der Waals surface area contributed by atoms with E-state index in [2.05, 4.69) is 6.07 Å². The summed E-state index contributed by atoms with van der Waals surface area (Å²) in [5, 5.41) is 9.16. The number of nitriles is 1. The summed E-state index contributed by atoms with van der Waals surface area (Å²) in [7, 11) is 0. The summed E-state index contributed by atoms with van der Waals surface area (Å²) in [4.78, 5) is 25.4. The lowest BCUT2D eigenvalue weighted by molar-refractivity contribution is -0.122. The second-order valence-corrected chi connectivity index (χ2v) is 4.67. The maximum atomic E-state index is 12.1. The fourth-order valence-corrected chi connectivity index (χ4v) is 2.17. The van der Waals surface area contributed by atoms with E-state index < -0.39 is 0 Å². The van der Waals surface area contributed by atoms with Crippen molar-refractivity contribution >= 4 is 17.5 Å². The van der Waals surface area contributed by atoms with E-state index >= 15 is 0 Å². The van der Waals surface area contributed by atoms with Crippen molar-refractivity contribution in [2.45, 2.75) is 20.8 Å². The number of rotatable bonds is 1. The van der Waals surface area contributed by atoms with Crippen LogP contribution < -0.4 is 4.90 Å². The highest BCUT2D eigenvalue weighted by Crippen LogP contribution is 2.33. The molecule has 0 N–H and O–H groups in total. The molecule has 18 heavy (non-hydrogen) atoms. The Hall–Kier alpha value is -2.15. The monoisotopic (exact) mass is 242 g/mol. The van der Waals surface area contributed by atoms with Gasteiger partial charge in [0.15, 0.2) is 0 Å². The van der Waals surface area contributed by atoms with Crippen molar-refractivity contribution in [2.24, 2.45) is 11.8 Å².